The molecule has 24 heavy (non-hydrogen) atoms. The van der Waals surface area contributed by atoms with Gasteiger partial charge in [0.25, 0.3) is 0 Å². The summed E-state index contributed by atoms with van der Waals surface area (Å²) in [7, 11) is 1.93. The second kappa shape index (κ2) is 7.80. The molecule has 0 aliphatic heterocycles. The van der Waals surface area contributed by atoms with E-state index in [1.54, 1.807) is 0 Å². The third kappa shape index (κ3) is 3.84. The van der Waals surface area contributed by atoms with E-state index in [9.17, 15) is 4.79 Å². The lowest BCUT2D eigenvalue weighted by Gasteiger charge is -2.23. The van der Waals surface area contributed by atoms with E-state index in [2.05, 4.69) is 23.3 Å². The maximum Gasteiger partial charge on any atom is 0.237 e. The van der Waals surface area contributed by atoms with E-state index in [-0.39, 0.29) is 18.5 Å². The molecule has 126 valence electrons. The number of aromatic nitrogens is 2. The second-order valence-electron chi connectivity index (χ2n) is 5.91. The van der Waals surface area contributed by atoms with Crippen molar-refractivity contribution in [1.29, 1.82) is 0 Å². The summed E-state index contributed by atoms with van der Waals surface area (Å²) < 4.78 is 1.95. The van der Waals surface area contributed by atoms with E-state index in [4.69, 9.17) is 6.42 Å². The number of likely N-dealkylation sites (N-methyl/N-ethyl adjacent to an activating group) is 1. The average molecular weight is 324 g/mol. The number of para-hydroxylation sites is 1. The van der Waals surface area contributed by atoms with Crippen LogP contribution in [0.15, 0.2) is 30.3 Å². The average Bonchev–Trinajstić information content (AvgIpc) is 2.87. The lowest BCUT2D eigenvalue weighted by molar-refractivity contribution is -0.125. The molecule has 2 rings (SSSR count). The Morgan fingerprint density at radius 1 is 1.38 bits per heavy atom. The Balaban J connectivity index is 2.17. The number of carbonyl (C=O) groups excluding carboxylic acids is 1. The lowest BCUT2D eigenvalue weighted by atomic mass is 10.1. The van der Waals surface area contributed by atoms with Crippen LogP contribution >= 0.6 is 0 Å². The molecule has 0 radical (unpaired) electrons. The molecule has 0 spiro atoms. The number of nitrogens with one attached hydrogen (secondary N) is 1. The van der Waals surface area contributed by atoms with Crippen LogP contribution in [0.3, 0.4) is 0 Å². The molecule has 1 unspecified atom stereocenters. The van der Waals surface area contributed by atoms with Gasteiger partial charge in [0.2, 0.25) is 5.91 Å². The highest BCUT2D eigenvalue weighted by Gasteiger charge is 2.21. The first kappa shape index (κ1) is 17.8. The molecule has 1 aromatic heterocycles. The highest BCUT2D eigenvalue weighted by molar-refractivity contribution is 5.81. The zero-order valence-corrected chi connectivity index (χ0v) is 14.7. The highest BCUT2D eigenvalue weighted by Crippen LogP contribution is 2.19. The molecule has 1 atom stereocenters. The molecule has 2 aromatic rings. The number of amides is 1. The number of rotatable bonds is 6. The zero-order valence-electron chi connectivity index (χ0n) is 14.7. The quantitative estimate of drug-likeness (QED) is 0.828. The van der Waals surface area contributed by atoms with Crippen molar-refractivity contribution >= 4 is 5.91 Å². The van der Waals surface area contributed by atoms with Crippen molar-refractivity contribution in [3.05, 3.63) is 47.3 Å². The van der Waals surface area contributed by atoms with E-state index in [1.807, 2.05) is 60.8 Å². The summed E-state index contributed by atoms with van der Waals surface area (Å²) in [5.41, 5.74) is 4.23. The number of benzene rings is 1. The number of terminal acetylenes is 1. The molecular weight excluding hydrogens is 300 g/mol. The molecular formula is C19H24N4O. The summed E-state index contributed by atoms with van der Waals surface area (Å²) >= 11 is 0. The molecule has 1 amide bonds. The first-order valence-electron chi connectivity index (χ1n) is 7.97. The Kier molecular flexibility index (Phi) is 5.78. The predicted octanol–water partition coefficient (Wildman–Crippen LogP) is 2.06. The molecule has 5 heteroatoms. The van der Waals surface area contributed by atoms with Gasteiger partial charge in [-0.1, -0.05) is 24.1 Å². The minimum absolute atomic E-state index is 0.0683. The van der Waals surface area contributed by atoms with E-state index < -0.39 is 0 Å². The topological polar surface area (TPSA) is 50.2 Å². The van der Waals surface area contributed by atoms with Crippen molar-refractivity contribution in [3.8, 4) is 18.0 Å². The van der Waals surface area contributed by atoms with Crippen LogP contribution in [0.2, 0.25) is 0 Å². The summed E-state index contributed by atoms with van der Waals surface area (Å²) in [6, 6.07) is 9.77. The van der Waals surface area contributed by atoms with Gasteiger partial charge >= 0.3 is 0 Å². The van der Waals surface area contributed by atoms with Crippen molar-refractivity contribution in [2.75, 3.05) is 13.6 Å². The zero-order chi connectivity index (χ0) is 17.7. The molecule has 5 nitrogen and oxygen atoms in total. The van der Waals surface area contributed by atoms with Crippen molar-refractivity contribution in [1.82, 2.24) is 20.0 Å². The maximum atomic E-state index is 12.1. The fourth-order valence-electron chi connectivity index (χ4n) is 2.60. The number of nitrogens with zero attached hydrogens (tertiary/aromatic N) is 3. The largest absolute Gasteiger partial charge is 0.344 e. The molecule has 1 heterocycles. The van der Waals surface area contributed by atoms with Gasteiger partial charge in [0.05, 0.1) is 24.0 Å². The minimum Gasteiger partial charge on any atom is -0.344 e. The summed E-state index contributed by atoms with van der Waals surface area (Å²) in [6.45, 7) is 6.83. The summed E-state index contributed by atoms with van der Waals surface area (Å²) in [6.07, 6.45) is 5.19. The number of hydrogen-bond donors (Lipinski definition) is 1. The van der Waals surface area contributed by atoms with E-state index >= 15 is 0 Å². The summed E-state index contributed by atoms with van der Waals surface area (Å²) in [4.78, 5) is 14.1. The van der Waals surface area contributed by atoms with Gasteiger partial charge in [0, 0.05) is 17.8 Å². The summed E-state index contributed by atoms with van der Waals surface area (Å²) in [5, 5.41) is 7.37. The molecule has 0 aliphatic rings. The van der Waals surface area contributed by atoms with Crippen LogP contribution in [-0.2, 0) is 11.3 Å². The van der Waals surface area contributed by atoms with Gasteiger partial charge in [-0.05, 0) is 40.0 Å². The maximum absolute atomic E-state index is 12.1. The minimum atomic E-state index is -0.266. The number of aryl methyl sites for hydroxylation is 1. The smallest absolute Gasteiger partial charge is 0.237 e. The van der Waals surface area contributed by atoms with Crippen LogP contribution in [0.25, 0.3) is 5.69 Å². The van der Waals surface area contributed by atoms with Gasteiger partial charge in [-0.3, -0.25) is 9.69 Å². The van der Waals surface area contributed by atoms with Gasteiger partial charge < -0.3 is 5.32 Å². The van der Waals surface area contributed by atoms with Crippen molar-refractivity contribution < 1.29 is 4.79 Å². The lowest BCUT2D eigenvalue weighted by Crippen LogP contribution is -2.43. The Hall–Kier alpha value is -2.58. The normalized spacial score (nSPS) is 12.0. The predicted molar refractivity (Wildman–Crippen MR) is 95.8 cm³/mol. The van der Waals surface area contributed by atoms with Gasteiger partial charge in [-0.2, -0.15) is 5.10 Å². The molecule has 0 bridgehead atoms. The Morgan fingerprint density at radius 2 is 2.04 bits per heavy atom. The third-order valence-electron chi connectivity index (χ3n) is 4.25. The SMILES string of the molecule is C#CCNC(=O)C(C)N(C)Cc1c(C)nn(-c2ccccc2)c1C. The Morgan fingerprint density at radius 3 is 2.67 bits per heavy atom. The van der Waals surface area contributed by atoms with E-state index in [0.717, 1.165) is 22.6 Å². The fraction of sp³-hybridized carbons (Fsp3) is 0.368. The molecule has 0 saturated heterocycles. The van der Waals surface area contributed by atoms with Crippen LogP contribution < -0.4 is 5.32 Å². The van der Waals surface area contributed by atoms with Gasteiger partial charge in [-0.25, -0.2) is 4.68 Å². The third-order valence-corrected chi connectivity index (χ3v) is 4.25. The highest BCUT2D eigenvalue weighted by atomic mass is 16.2. The number of carbonyl (C=O) groups is 1. The first-order valence-corrected chi connectivity index (χ1v) is 7.97. The summed E-state index contributed by atoms with van der Waals surface area (Å²) in [5.74, 6) is 2.35. The second-order valence-corrected chi connectivity index (χ2v) is 5.91. The van der Waals surface area contributed by atoms with Gasteiger partial charge in [0.1, 0.15) is 0 Å². The van der Waals surface area contributed by atoms with Gasteiger partial charge in [0.15, 0.2) is 0 Å². The molecule has 0 aliphatic carbocycles. The molecule has 1 aromatic carbocycles. The van der Waals surface area contributed by atoms with Crippen LogP contribution in [-0.4, -0.2) is 40.2 Å². The Bertz CT molecular complexity index is 743. The van der Waals surface area contributed by atoms with Gasteiger partial charge in [-0.15, -0.1) is 6.42 Å². The first-order chi connectivity index (χ1) is 11.5. The van der Waals surface area contributed by atoms with Crippen LogP contribution in [0.1, 0.15) is 23.9 Å². The van der Waals surface area contributed by atoms with Crippen LogP contribution in [0, 0.1) is 26.2 Å². The monoisotopic (exact) mass is 324 g/mol. The number of hydrogen-bond acceptors (Lipinski definition) is 3. The Labute approximate surface area is 143 Å². The standard InChI is InChI=1S/C19H24N4O/c1-6-12-20-19(24)16(4)22(5)13-18-14(2)21-23(15(18)3)17-10-8-7-9-11-17/h1,7-11,16H,12-13H2,2-5H3,(H,20,24). The van der Waals surface area contributed by atoms with E-state index in [1.165, 1.54) is 0 Å². The molecule has 0 saturated carbocycles. The molecule has 0 fully saturated rings. The van der Waals surface area contributed by atoms with Crippen molar-refractivity contribution in [2.45, 2.75) is 33.4 Å². The van der Waals surface area contributed by atoms with Crippen molar-refractivity contribution in [2.24, 2.45) is 0 Å². The molecule has 1 N–H and O–H groups in total. The van der Waals surface area contributed by atoms with E-state index in [0.29, 0.717) is 6.54 Å². The van der Waals surface area contributed by atoms with Crippen molar-refractivity contribution in [3.63, 3.8) is 0 Å². The van der Waals surface area contributed by atoms with Crippen LogP contribution in [0.5, 0.6) is 0 Å². The van der Waals surface area contributed by atoms with Crippen LogP contribution in [0.4, 0.5) is 0 Å². The fourth-order valence-corrected chi connectivity index (χ4v) is 2.60.